The van der Waals surface area contributed by atoms with Crippen molar-refractivity contribution in [2.24, 2.45) is 0 Å². The Bertz CT molecular complexity index is 911. The Kier molecular flexibility index (Phi) is 6.73. The lowest BCUT2D eigenvalue weighted by Gasteiger charge is -2.27. The van der Waals surface area contributed by atoms with E-state index in [0.29, 0.717) is 12.1 Å². The number of carbonyl (C=O) groups is 1. The van der Waals surface area contributed by atoms with Gasteiger partial charge >= 0.3 is 0 Å². The number of hydrogen-bond acceptors (Lipinski definition) is 3. The molecule has 2 aromatic rings. The number of rotatable bonds is 7. The molecule has 0 aliphatic rings. The summed E-state index contributed by atoms with van der Waals surface area (Å²) in [6.07, 6.45) is 0.539. The summed E-state index contributed by atoms with van der Waals surface area (Å²) < 4.78 is 40.3. The number of anilines is 1. The largest absolute Gasteiger partial charge is 0.325 e. The smallest absolute Gasteiger partial charge is 0.243 e. The van der Waals surface area contributed by atoms with E-state index < -0.39 is 21.7 Å². The second-order valence-electron chi connectivity index (χ2n) is 6.56. The third-order valence-corrected chi connectivity index (χ3v) is 6.66. The minimum atomic E-state index is -3.93. The summed E-state index contributed by atoms with van der Waals surface area (Å²) in [5, 5.41) is 2.79. The van der Waals surface area contributed by atoms with Gasteiger partial charge in [0.2, 0.25) is 15.9 Å². The highest BCUT2D eigenvalue weighted by atomic mass is 32.2. The highest BCUT2D eigenvalue weighted by Crippen LogP contribution is 2.21. The van der Waals surface area contributed by atoms with Crippen LogP contribution < -0.4 is 5.32 Å². The number of nitrogens with one attached hydrogen (secondary N) is 1. The molecular weight excluding hydrogens is 367 g/mol. The van der Waals surface area contributed by atoms with E-state index in [1.165, 1.54) is 12.1 Å². The molecule has 0 aromatic heterocycles. The van der Waals surface area contributed by atoms with Crippen LogP contribution in [0.2, 0.25) is 0 Å². The van der Waals surface area contributed by atoms with Gasteiger partial charge in [-0.05, 0) is 68.7 Å². The van der Waals surface area contributed by atoms with E-state index in [9.17, 15) is 17.6 Å². The van der Waals surface area contributed by atoms with Gasteiger partial charge in [-0.25, -0.2) is 12.8 Å². The summed E-state index contributed by atoms with van der Waals surface area (Å²) in [7, 11) is -3.93. The van der Waals surface area contributed by atoms with Crippen LogP contribution in [0.3, 0.4) is 0 Å². The summed E-state index contributed by atoms with van der Waals surface area (Å²) in [4.78, 5) is 12.5. The van der Waals surface area contributed by atoms with Crippen molar-refractivity contribution in [2.75, 3.05) is 11.9 Å². The number of halogens is 1. The molecule has 0 aliphatic carbocycles. The molecule has 0 radical (unpaired) electrons. The molecule has 0 fully saturated rings. The van der Waals surface area contributed by atoms with E-state index in [1.807, 2.05) is 32.9 Å². The van der Waals surface area contributed by atoms with Crippen LogP contribution in [0.15, 0.2) is 47.4 Å². The quantitative estimate of drug-likeness (QED) is 0.778. The third kappa shape index (κ3) is 4.93. The van der Waals surface area contributed by atoms with Gasteiger partial charge in [-0.3, -0.25) is 4.79 Å². The monoisotopic (exact) mass is 392 g/mol. The van der Waals surface area contributed by atoms with E-state index in [0.717, 1.165) is 27.6 Å². The fraction of sp³-hybridized carbons (Fsp3) is 0.350. The van der Waals surface area contributed by atoms with E-state index >= 15 is 0 Å². The Morgan fingerprint density at radius 3 is 2.37 bits per heavy atom. The number of aryl methyl sites for hydroxylation is 1. The maximum atomic E-state index is 13.2. The van der Waals surface area contributed by atoms with Crippen LogP contribution in [0.25, 0.3) is 0 Å². The average Bonchev–Trinajstić information content (AvgIpc) is 2.63. The van der Waals surface area contributed by atoms with Gasteiger partial charge in [0, 0.05) is 11.7 Å². The molecule has 146 valence electrons. The summed E-state index contributed by atoms with van der Waals surface area (Å²) >= 11 is 0. The van der Waals surface area contributed by atoms with E-state index in [2.05, 4.69) is 5.32 Å². The van der Waals surface area contributed by atoms with Crippen LogP contribution in [0.4, 0.5) is 10.1 Å². The minimum absolute atomic E-state index is 0.0382. The molecule has 0 aliphatic heterocycles. The Hall–Kier alpha value is -2.25. The first-order valence-corrected chi connectivity index (χ1v) is 10.2. The lowest BCUT2D eigenvalue weighted by molar-refractivity contribution is -0.116. The molecule has 1 unspecified atom stereocenters. The molecule has 1 N–H and O–H groups in total. The standard InChI is InChI=1S/C20H25FN2O3S/c1-5-15(3)23(27(25,26)18-11-9-17(21)10-12-18)13-20(24)22-19-8-6-7-14(2)16(19)4/h6-12,15H,5,13H2,1-4H3,(H,22,24). The van der Waals surface area contributed by atoms with Gasteiger partial charge in [-0.1, -0.05) is 19.1 Å². The third-order valence-electron chi connectivity index (χ3n) is 4.68. The molecule has 5 nitrogen and oxygen atoms in total. The summed E-state index contributed by atoms with van der Waals surface area (Å²) in [6.45, 7) is 7.11. The second-order valence-corrected chi connectivity index (χ2v) is 8.45. The predicted octanol–water partition coefficient (Wildman–Crippen LogP) is 3.87. The van der Waals surface area contributed by atoms with Crippen molar-refractivity contribution in [3.63, 3.8) is 0 Å². The Labute approximate surface area is 160 Å². The van der Waals surface area contributed by atoms with Gasteiger partial charge in [0.15, 0.2) is 0 Å². The highest BCUT2D eigenvalue weighted by molar-refractivity contribution is 7.89. The molecule has 1 amide bonds. The molecule has 2 aromatic carbocycles. The summed E-state index contributed by atoms with van der Waals surface area (Å²) in [6, 6.07) is 9.78. The normalized spacial score (nSPS) is 12.8. The van der Waals surface area contributed by atoms with Crippen molar-refractivity contribution in [3.8, 4) is 0 Å². The van der Waals surface area contributed by atoms with Gasteiger partial charge in [0.05, 0.1) is 11.4 Å². The zero-order chi connectivity index (χ0) is 20.2. The zero-order valence-corrected chi connectivity index (χ0v) is 16.8. The van der Waals surface area contributed by atoms with Crippen molar-refractivity contribution in [3.05, 3.63) is 59.4 Å². The Balaban J connectivity index is 2.27. The lowest BCUT2D eigenvalue weighted by Crippen LogP contribution is -2.43. The summed E-state index contributed by atoms with van der Waals surface area (Å²) in [5.74, 6) is -0.939. The molecule has 27 heavy (non-hydrogen) atoms. The van der Waals surface area contributed by atoms with Crippen LogP contribution in [0.5, 0.6) is 0 Å². The molecule has 0 heterocycles. The fourth-order valence-electron chi connectivity index (χ4n) is 2.64. The van der Waals surface area contributed by atoms with Crippen molar-refractivity contribution >= 4 is 21.6 Å². The molecule has 0 spiro atoms. The lowest BCUT2D eigenvalue weighted by atomic mass is 10.1. The maximum absolute atomic E-state index is 13.2. The maximum Gasteiger partial charge on any atom is 0.243 e. The number of sulfonamides is 1. The average molecular weight is 392 g/mol. The fourth-order valence-corrected chi connectivity index (χ4v) is 4.30. The van der Waals surface area contributed by atoms with Crippen LogP contribution >= 0.6 is 0 Å². The first-order valence-electron chi connectivity index (χ1n) is 8.80. The van der Waals surface area contributed by atoms with Crippen molar-refractivity contribution < 1.29 is 17.6 Å². The second kappa shape index (κ2) is 8.63. The molecular formula is C20H25FN2O3S. The van der Waals surface area contributed by atoms with Gasteiger partial charge in [0.25, 0.3) is 0 Å². The van der Waals surface area contributed by atoms with Gasteiger partial charge in [-0.15, -0.1) is 0 Å². The van der Waals surface area contributed by atoms with Gasteiger partial charge < -0.3 is 5.32 Å². The van der Waals surface area contributed by atoms with E-state index in [-0.39, 0.29) is 17.5 Å². The van der Waals surface area contributed by atoms with Crippen LogP contribution in [0, 0.1) is 19.7 Å². The molecule has 7 heteroatoms. The first-order chi connectivity index (χ1) is 12.7. The van der Waals surface area contributed by atoms with E-state index in [1.54, 1.807) is 13.0 Å². The Morgan fingerprint density at radius 2 is 1.78 bits per heavy atom. The van der Waals surface area contributed by atoms with Crippen LogP contribution in [-0.4, -0.2) is 31.2 Å². The van der Waals surface area contributed by atoms with Crippen molar-refractivity contribution in [1.29, 1.82) is 0 Å². The number of amides is 1. The minimum Gasteiger partial charge on any atom is -0.325 e. The molecule has 0 saturated carbocycles. The SMILES string of the molecule is CCC(C)N(CC(=O)Nc1cccc(C)c1C)S(=O)(=O)c1ccc(F)cc1. The zero-order valence-electron chi connectivity index (χ0n) is 16.0. The topological polar surface area (TPSA) is 66.5 Å². The molecule has 1 atom stereocenters. The van der Waals surface area contributed by atoms with E-state index in [4.69, 9.17) is 0 Å². The van der Waals surface area contributed by atoms with Crippen molar-refractivity contribution in [1.82, 2.24) is 4.31 Å². The Morgan fingerprint density at radius 1 is 1.15 bits per heavy atom. The highest BCUT2D eigenvalue weighted by Gasteiger charge is 2.30. The first kappa shape index (κ1) is 21.1. The number of benzene rings is 2. The van der Waals surface area contributed by atoms with Crippen LogP contribution in [-0.2, 0) is 14.8 Å². The predicted molar refractivity (Wildman–Crippen MR) is 105 cm³/mol. The molecule has 2 rings (SSSR count). The number of hydrogen-bond donors (Lipinski definition) is 1. The molecule has 0 saturated heterocycles. The number of nitrogens with zero attached hydrogens (tertiary/aromatic N) is 1. The van der Waals surface area contributed by atoms with Crippen LogP contribution in [0.1, 0.15) is 31.4 Å². The summed E-state index contributed by atoms with van der Waals surface area (Å²) in [5.41, 5.74) is 2.62. The van der Waals surface area contributed by atoms with Gasteiger partial charge in [0.1, 0.15) is 5.82 Å². The van der Waals surface area contributed by atoms with Gasteiger partial charge in [-0.2, -0.15) is 4.31 Å². The van der Waals surface area contributed by atoms with Crippen molar-refractivity contribution in [2.45, 2.75) is 45.1 Å². The number of carbonyl (C=O) groups excluding carboxylic acids is 1. The molecule has 0 bridgehead atoms.